The van der Waals surface area contributed by atoms with Gasteiger partial charge in [-0.3, -0.25) is 4.79 Å². The first-order chi connectivity index (χ1) is 15.4. The highest BCUT2D eigenvalue weighted by Crippen LogP contribution is 2.30. The average Bonchev–Trinajstić information content (AvgIpc) is 2.94. The van der Waals surface area contributed by atoms with E-state index in [0.717, 1.165) is 17.5 Å². The summed E-state index contributed by atoms with van der Waals surface area (Å²) in [5.74, 6) is 0.0653. The minimum Gasteiger partial charge on any atom is -0.490 e. The number of ether oxygens (including phenoxy) is 3. The maximum Gasteiger partial charge on any atom is 0.343 e. The zero-order valence-electron chi connectivity index (χ0n) is 17.9. The standard InChI is InChI=1S/C24H23ClN2O5/c1-15-4-6-17(7-5-15)13-27-23(25)22(16(2)26-27)24(29)32-14-19(28)18-8-9-20-21(12-18)31-11-3-10-30-20/h4-9,12H,3,10-11,13-14H2,1-2H3. The van der Waals surface area contributed by atoms with E-state index in [9.17, 15) is 9.59 Å². The summed E-state index contributed by atoms with van der Waals surface area (Å²) in [5, 5.41) is 4.54. The van der Waals surface area contributed by atoms with Gasteiger partial charge in [-0.05, 0) is 37.6 Å². The number of rotatable bonds is 6. The van der Waals surface area contributed by atoms with Crippen molar-refractivity contribution in [1.82, 2.24) is 9.78 Å². The van der Waals surface area contributed by atoms with E-state index in [4.69, 9.17) is 25.8 Å². The van der Waals surface area contributed by atoms with Gasteiger partial charge < -0.3 is 14.2 Å². The third-order valence-electron chi connectivity index (χ3n) is 5.13. The molecule has 0 spiro atoms. The number of Topliss-reactive ketones (excluding diaryl/α,β-unsaturated/α-hetero) is 1. The molecule has 7 nitrogen and oxygen atoms in total. The summed E-state index contributed by atoms with van der Waals surface area (Å²) < 4.78 is 18.0. The first-order valence-corrected chi connectivity index (χ1v) is 10.7. The summed E-state index contributed by atoms with van der Waals surface area (Å²) in [6, 6.07) is 12.9. The number of carbonyl (C=O) groups excluding carboxylic acids is 2. The van der Waals surface area contributed by atoms with Gasteiger partial charge in [0, 0.05) is 12.0 Å². The van der Waals surface area contributed by atoms with Crippen molar-refractivity contribution in [2.24, 2.45) is 0 Å². The van der Waals surface area contributed by atoms with Crippen LogP contribution in [-0.2, 0) is 11.3 Å². The highest BCUT2D eigenvalue weighted by Gasteiger charge is 2.23. The maximum atomic E-state index is 12.7. The third kappa shape index (κ3) is 4.78. The molecule has 1 aliphatic heterocycles. The second-order valence-corrected chi connectivity index (χ2v) is 7.96. The molecule has 1 aromatic heterocycles. The summed E-state index contributed by atoms with van der Waals surface area (Å²) in [4.78, 5) is 25.2. The monoisotopic (exact) mass is 454 g/mol. The summed E-state index contributed by atoms with van der Waals surface area (Å²) in [6.45, 7) is 4.77. The molecule has 0 saturated carbocycles. The SMILES string of the molecule is Cc1ccc(Cn2nc(C)c(C(=O)OCC(=O)c3ccc4c(c3)OCCCO4)c2Cl)cc1. The van der Waals surface area contributed by atoms with Crippen LogP contribution in [0, 0.1) is 13.8 Å². The van der Waals surface area contributed by atoms with Gasteiger partial charge in [0.05, 0.1) is 25.5 Å². The Labute approximate surface area is 190 Å². The van der Waals surface area contributed by atoms with E-state index in [0.29, 0.717) is 42.5 Å². The van der Waals surface area contributed by atoms with Crippen LogP contribution >= 0.6 is 11.6 Å². The van der Waals surface area contributed by atoms with Crippen molar-refractivity contribution in [3.8, 4) is 11.5 Å². The normalized spacial score (nSPS) is 12.8. The van der Waals surface area contributed by atoms with Gasteiger partial charge in [0.2, 0.25) is 0 Å². The number of fused-ring (bicyclic) bond motifs is 1. The van der Waals surface area contributed by atoms with Crippen LogP contribution in [0.5, 0.6) is 11.5 Å². The molecule has 32 heavy (non-hydrogen) atoms. The number of benzene rings is 2. The fourth-order valence-electron chi connectivity index (χ4n) is 3.38. The van der Waals surface area contributed by atoms with Crippen LogP contribution in [0.4, 0.5) is 0 Å². The molecular formula is C24H23ClN2O5. The Morgan fingerprint density at radius 3 is 2.53 bits per heavy atom. The quantitative estimate of drug-likeness (QED) is 0.405. The summed E-state index contributed by atoms with van der Waals surface area (Å²) in [6.07, 6.45) is 0.771. The Kier molecular flexibility index (Phi) is 6.46. The molecule has 0 fully saturated rings. The van der Waals surface area contributed by atoms with E-state index < -0.39 is 12.6 Å². The number of carbonyl (C=O) groups is 2. The Hall–Kier alpha value is -3.32. The van der Waals surface area contributed by atoms with Crippen molar-refractivity contribution in [3.05, 3.63) is 75.6 Å². The first-order valence-electron chi connectivity index (χ1n) is 10.3. The van der Waals surface area contributed by atoms with Crippen LogP contribution in [0.15, 0.2) is 42.5 Å². The maximum absolute atomic E-state index is 12.7. The van der Waals surface area contributed by atoms with E-state index >= 15 is 0 Å². The second kappa shape index (κ2) is 9.44. The summed E-state index contributed by atoms with van der Waals surface area (Å²) in [7, 11) is 0. The Bertz CT molecular complexity index is 1150. The predicted octanol–water partition coefficient (Wildman–Crippen LogP) is 4.40. The van der Waals surface area contributed by atoms with E-state index in [-0.39, 0.29) is 16.5 Å². The topological polar surface area (TPSA) is 79.7 Å². The van der Waals surface area contributed by atoms with Crippen LogP contribution in [0.25, 0.3) is 0 Å². The van der Waals surface area contributed by atoms with Gasteiger partial charge in [0.15, 0.2) is 23.9 Å². The molecule has 0 N–H and O–H groups in total. The van der Waals surface area contributed by atoms with Crippen LogP contribution in [0.3, 0.4) is 0 Å². The molecule has 0 atom stereocenters. The van der Waals surface area contributed by atoms with Crippen molar-refractivity contribution >= 4 is 23.4 Å². The Morgan fingerprint density at radius 1 is 1.06 bits per heavy atom. The van der Waals surface area contributed by atoms with E-state index in [1.807, 2.05) is 31.2 Å². The molecule has 1 aliphatic rings. The molecule has 8 heteroatoms. The lowest BCUT2D eigenvalue weighted by molar-refractivity contribution is 0.0474. The molecule has 0 bridgehead atoms. The lowest BCUT2D eigenvalue weighted by atomic mass is 10.1. The Balaban J connectivity index is 1.43. The van der Waals surface area contributed by atoms with Gasteiger partial charge in [-0.15, -0.1) is 0 Å². The second-order valence-electron chi connectivity index (χ2n) is 7.61. The minimum absolute atomic E-state index is 0.158. The molecule has 0 unspecified atom stereocenters. The molecular weight excluding hydrogens is 432 g/mol. The predicted molar refractivity (Wildman–Crippen MR) is 119 cm³/mol. The minimum atomic E-state index is -0.689. The van der Waals surface area contributed by atoms with E-state index in [1.165, 1.54) is 0 Å². The lowest BCUT2D eigenvalue weighted by Crippen LogP contribution is -2.15. The molecule has 2 aromatic carbocycles. The summed E-state index contributed by atoms with van der Waals surface area (Å²) >= 11 is 6.42. The van der Waals surface area contributed by atoms with Gasteiger partial charge in [-0.1, -0.05) is 41.4 Å². The first kappa shape index (κ1) is 21.9. The van der Waals surface area contributed by atoms with Crippen molar-refractivity contribution < 1.29 is 23.8 Å². The average molecular weight is 455 g/mol. The van der Waals surface area contributed by atoms with Gasteiger partial charge in [-0.25, -0.2) is 9.48 Å². The smallest absolute Gasteiger partial charge is 0.343 e. The third-order valence-corrected chi connectivity index (χ3v) is 5.51. The number of halogens is 1. The van der Waals surface area contributed by atoms with Crippen LogP contribution in [0.1, 0.15) is 44.0 Å². The zero-order chi connectivity index (χ0) is 22.7. The van der Waals surface area contributed by atoms with E-state index in [2.05, 4.69) is 5.10 Å². The molecule has 3 aromatic rings. The van der Waals surface area contributed by atoms with E-state index in [1.54, 1.807) is 29.8 Å². The van der Waals surface area contributed by atoms with Gasteiger partial charge in [0.1, 0.15) is 10.7 Å². The fourth-order valence-corrected chi connectivity index (χ4v) is 3.69. The summed E-state index contributed by atoms with van der Waals surface area (Å²) in [5.41, 5.74) is 3.13. The number of hydrogen-bond donors (Lipinski definition) is 0. The molecule has 166 valence electrons. The fraction of sp³-hybridized carbons (Fsp3) is 0.292. The number of hydrogen-bond acceptors (Lipinski definition) is 6. The van der Waals surface area contributed by atoms with Crippen LogP contribution < -0.4 is 9.47 Å². The number of aromatic nitrogens is 2. The van der Waals surface area contributed by atoms with Gasteiger partial charge >= 0.3 is 5.97 Å². The van der Waals surface area contributed by atoms with Gasteiger partial charge in [-0.2, -0.15) is 5.10 Å². The van der Waals surface area contributed by atoms with Crippen LogP contribution in [-0.4, -0.2) is 41.4 Å². The van der Waals surface area contributed by atoms with Crippen molar-refractivity contribution in [3.63, 3.8) is 0 Å². The van der Waals surface area contributed by atoms with Gasteiger partial charge in [0.25, 0.3) is 0 Å². The highest BCUT2D eigenvalue weighted by molar-refractivity contribution is 6.32. The van der Waals surface area contributed by atoms with Crippen molar-refractivity contribution in [2.75, 3.05) is 19.8 Å². The number of nitrogens with zero attached hydrogens (tertiary/aromatic N) is 2. The number of ketones is 1. The highest BCUT2D eigenvalue weighted by atomic mass is 35.5. The molecule has 0 amide bonds. The molecule has 0 aliphatic carbocycles. The number of aryl methyl sites for hydroxylation is 2. The van der Waals surface area contributed by atoms with Crippen molar-refractivity contribution in [1.29, 1.82) is 0 Å². The lowest BCUT2D eigenvalue weighted by Gasteiger charge is -2.09. The Morgan fingerprint density at radius 2 is 1.78 bits per heavy atom. The molecule has 2 heterocycles. The zero-order valence-corrected chi connectivity index (χ0v) is 18.6. The largest absolute Gasteiger partial charge is 0.490 e. The van der Waals surface area contributed by atoms with Crippen molar-refractivity contribution in [2.45, 2.75) is 26.8 Å². The molecule has 0 saturated heterocycles. The van der Waals surface area contributed by atoms with Crippen LogP contribution in [0.2, 0.25) is 5.15 Å². The molecule has 0 radical (unpaired) electrons. The molecule has 4 rings (SSSR count). The number of esters is 1.